The Labute approximate surface area is 282 Å². The van der Waals surface area contributed by atoms with E-state index in [1.807, 2.05) is 17.5 Å². The number of rotatable bonds is 3. The summed E-state index contributed by atoms with van der Waals surface area (Å²) in [5, 5.41) is 3.79. The van der Waals surface area contributed by atoms with E-state index in [9.17, 15) is 0 Å². The third-order valence-corrected chi connectivity index (χ3v) is 11.5. The minimum Gasteiger partial charge on any atom is -0.374 e. The first kappa shape index (κ1) is 26.2. The molecule has 0 bridgehead atoms. The van der Waals surface area contributed by atoms with Crippen LogP contribution in [0.4, 0.5) is 17.1 Å². The van der Waals surface area contributed by atoms with Crippen LogP contribution in [-0.2, 0) is 0 Å². The van der Waals surface area contributed by atoms with Crippen molar-refractivity contribution in [3.8, 4) is 32.8 Å². The van der Waals surface area contributed by atoms with E-state index in [0.29, 0.717) is 0 Å². The highest BCUT2D eigenvalue weighted by atomic mass is 32.1. The molecule has 0 N–H and O–H groups in total. The van der Waals surface area contributed by atoms with Crippen molar-refractivity contribution in [3.63, 3.8) is 0 Å². The zero-order valence-electron chi connectivity index (χ0n) is 25.8. The van der Waals surface area contributed by atoms with Gasteiger partial charge in [0.25, 0.3) is 0 Å². The largest absolute Gasteiger partial charge is 0.374 e. The molecule has 2 aliphatic heterocycles. The van der Waals surface area contributed by atoms with Crippen molar-refractivity contribution in [2.24, 2.45) is 0 Å². The van der Waals surface area contributed by atoms with E-state index in [4.69, 9.17) is 4.98 Å². The first-order valence-corrected chi connectivity index (χ1v) is 17.2. The number of fused-ring (bicyclic) bond motifs is 9. The van der Waals surface area contributed by atoms with Crippen LogP contribution < -0.4 is 15.8 Å². The SMILES string of the molecule is c1ccc(-c2sc3c4c5c(cc3c2-c2ccccc2)N(c2ccccc2)c2ccccc2B5n2c3ccccc3c3ccnc-4c32)cc1. The van der Waals surface area contributed by atoms with Crippen LogP contribution in [0.1, 0.15) is 0 Å². The predicted molar refractivity (Wildman–Crippen MR) is 204 cm³/mol. The molecule has 11 rings (SSSR count). The zero-order valence-corrected chi connectivity index (χ0v) is 26.7. The summed E-state index contributed by atoms with van der Waals surface area (Å²) in [7, 11) is 0. The topological polar surface area (TPSA) is 21.1 Å². The molecule has 0 atom stereocenters. The second-order valence-electron chi connectivity index (χ2n) is 12.7. The highest BCUT2D eigenvalue weighted by Crippen LogP contribution is 2.53. The van der Waals surface area contributed by atoms with Crippen LogP contribution in [-0.4, -0.2) is 16.3 Å². The molecule has 48 heavy (non-hydrogen) atoms. The van der Waals surface area contributed by atoms with E-state index in [1.54, 1.807) is 0 Å². The smallest absolute Gasteiger partial charge is 0.333 e. The van der Waals surface area contributed by atoms with Crippen LogP contribution in [0.3, 0.4) is 0 Å². The van der Waals surface area contributed by atoms with Crippen LogP contribution in [0, 0.1) is 0 Å². The lowest BCUT2D eigenvalue weighted by molar-refractivity contribution is 1.24. The summed E-state index contributed by atoms with van der Waals surface area (Å²) in [6.07, 6.45) is 2.01. The Hall–Kier alpha value is -5.91. The van der Waals surface area contributed by atoms with Crippen LogP contribution >= 0.6 is 11.3 Å². The molecule has 6 aromatic carbocycles. The maximum absolute atomic E-state index is 5.26. The van der Waals surface area contributed by atoms with Crippen molar-refractivity contribution < 1.29 is 0 Å². The number of pyridine rings is 1. The fourth-order valence-electron chi connectivity index (χ4n) is 8.34. The molecule has 3 nitrogen and oxygen atoms in total. The Morgan fingerprint density at radius 3 is 2.06 bits per heavy atom. The Morgan fingerprint density at radius 1 is 0.562 bits per heavy atom. The van der Waals surface area contributed by atoms with Crippen molar-refractivity contribution in [2.45, 2.75) is 0 Å². The monoisotopic (exact) mass is 627 g/mol. The molecule has 0 radical (unpaired) electrons. The third kappa shape index (κ3) is 3.41. The van der Waals surface area contributed by atoms with Gasteiger partial charge < -0.3 is 9.38 Å². The van der Waals surface area contributed by atoms with Gasteiger partial charge in [0.1, 0.15) is 0 Å². The predicted octanol–water partition coefficient (Wildman–Crippen LogP) is 10.2. The van der Waals surface area contributed by atoms with Crippen molar-refractivity contribution in [3.05, 3.63) is 158 Å². The lowest BCUT2D eigenvalue weighted by Crippen LogP contribution is -2.56. The summed E-state index contributed by atoms with van der Waals surface area (Å²) >= 11 is 1.91. The highest BCUT2D eigenvalue weighted by molar-refractivity contribution is 7.24. The molecule has 0 amide bonds. The van der Waals surface area contributed by atoms with E-state index >= 15 is 0 Å². The number of para-hydroxylation sites is 3. The number of nitrogens with zero attached hydrogens (tertiary/aromatic N) is 3. The minimum atomic E-state index is -0.00267. The number of hydrogen-bond donors (Lipinski definition) is 0. The fourth-order valence-corrected chi connectivity index (χ4v) is 9.71. The first-order chi connectivity index (χ1) is 23.9. The van der Waals surface area contributed by atoms with Crippen molar-refractivity contribution in [2.75, 3.05) is 4.90 Å². The first-order valence-electron chi connectivity index (χ1n) is 16.4. The highest BCUT2D eigenvalue weighted by Gasteiger charge is 2.44. The summed E-state index contributed by atoms with van der Waals surface area (Å²) in [5.74, 6) is 0. The lowest BCUT2D eigenvalue weighted by atomic mass is 9.45. The summed E-state index contributed by atoms with van der Waals surface area (Å²) < 4.78 is 3.87. The summed E-state index contributed by atoms with van der Waals surface area (Å²) in [4.78, 5) is 9.03. The maximum Gasteiger partial charge on any atom is 0.333 e. The summed E-state index contributed by atoms with van der Waals surface area (Å²) in [6.45, 7) is -0.00267. The number of benzene rings is 6. The quantitative estimate of drug-likeness (QED) is 0.182. The summed E-state index contributed by atoms with van der Waals surface area (Å²) in [5.41, 5.74) is 14.7. The minimum absolute atomic E-state index is 0.00267. The Bertz CT molecular complexity index is 2730. The van der Waals surface area contributed by atoms with Gasteiger partial charge in [-0.05, 0) is 58.5 Å². The molecule has 3 aromatic heterocycles. The van der Waals surface area contributed by atoms with Gasteiger partial charge in [0.15, 0.2) is 0 Å². The average Bonchev–Trinajstić information content (AvgIpc) is 3.71. The molecule has 0 saturated carbocycles. The molecule has 222 valence electrons. The van der Waals surface area contributed by atoms with Gasteiger partial charge in [0.05, 0.1) is 11.2 Å². The molecule has 0 aliphatic carbocycles. The molecule has 0 unspecified atom stereocenters. The zero-order chi connectivity index (χ0) is 31.3. The van der Waals surface area contributed by atoms with Gasteiger partial charge >= 0.3 is 6.85 Å². The van der Waals surface area contributed by atoms with Gasteiger partial charge in [-0.25, -0.2) is 0 Å². The van der Waals surface area contributed by atoms with E-state index < -0.39 is 0 Å². The van der Waals surface area contributed by atoms with Crippen LogP contribution in [0.2, 0.25) is 0 Å². The average molecular weight is 628 g/mol. The molecular formula is C43H26BN3S. The fraction of sp³-hybridized carbons (Fsp3) is 0. The molecule has 0 spiro atoms. The van der Waals surface area contributed by atoms with Gasteiger partial charge in [0, 0.05) is 65.6 Å². The van der Waals surface area contributed by atoms with Crippen molar-refractivity contribution in [1.29, 1.82) is 0 Å². The van der Waals surface area contributed by atoms with Gasteiger partial charge in [-0.15, -0.1) is 11.3 Å². The van der Waals surface area contributed by atoms with Crippen LogP contribution in [0.5, 0.6) is 0 Å². The van der Waals surface area contributed by atoms with Gasteiger partial charge in [0.2, 0.25) is 0 Å². The number of aromatic nitrogens is 2. The molecule has 9 aromatic rings. The molecule has 0 saturated heterocycles. The van der Waals surface area contributed by atoms with Gasteiger partial charge in [-0.3, -0.25) is 4.98 Å². The third-order valence-electron chi connectivity index (χ3n) is 10.2. The maximum atomic E-state index is 5.26. The molecule has 2 aliphatic rings. The van der Waals surface area contributed by atoms with Gasteiger partial charge in [-0.1, -0.05) is 115 Å². The number of hydrogen-bond acceptors (Lipinski definition) is 3. The summed E-state index contributed by atoms with van der Waals surface area (Å²) in [6, 6.07) is 55.2. The van der Waals surface area contributed by atoms with Gasteiger partial charge in [-0.2, -0.15) is 0 Å². The van der Waals surface area contributed by atoms with Crippen LogP contribution in [0.15, 0.2) is 158 Å². The number of thiophene rings is 1. The van der Waals surface area contributed by atoms with Crippen molar-refractivity contribution >= 4 is 78.1 Å². The standard InChI is InChI=1S/C43H26BN3S/c1-4-14-27(15-5-1)37-32-26-36-39-38(43(32)48-42(37)28-16-6-2-7-17-28)40-41-31(24-25-45-40)30-20-10-12-22-34(30)47(41)44(39)33-21-11-13-23-35(33)46(36)29-18-8-3-9-19-29/h1-26H. The van der Waals surface area contributed by atoms with Crippen molar-refractivity contribution in [1.82, 2.24) is 9.46 Å². The van der Waals surface area contributed by atoms with E-state index in [-0.39, 0.29) is 6.85 Å². The van der Waals surface area contributed by atoms with E-state index in [0.717, 1.165) is 11.4 Å². The number of anilines is 3. The molecule has 5 heteroatoms. The second kappa shape index (κ2) is 9.80. The molecule has 5 heterocycles. The molecular weight excluding hydrogens is 601 g/mol. The second-order valence-corrected chi connectivity index (χ2v) is 13.7. The van der Waals surface area contributed by atoms with Crippen LogP contribution in [0.25, 0.3) is 64.7 Å². The Balaban J connectivity index is 1.38. The lowest BCUT2D eigenvalue weighted by Gasteiger charge is -2.40. The normalized spacial score (nSPS) is 12.9. The molecule has 0 fully saturated rings. The van der Waals surface area contributed by atoms with E-state index in [1.165, 1.54) is 81.3 Å². The Morgan fingerprint density at radius 2 is 1.25 bits per heavy atom. The van der Waals surface area contributed by atoms with E-state index in [2.05, 4.69) is 161 Å². The Kier molecular flexibility index (Phi) is 5.35.